The molecule has 0 bridgehead atoms. The highest BCUT2D eigenvalue weighted by molar-refractivity contribution is 7.09. The largest absolute Gasteiger partial charge is 0.343 e. The lowest BCUT2D eigenvalue weighted by molar-refractivity contribution is -0.130. The van der Waals surface area contributed by atoms with Gasteiger partial charge in [0.1, 0.15) is 5.54 Å². The van der Waals surface area contributed by atoms with Gasteiger partial charge >= 0.3 is 6.03 Å². The number of ketones is 1. The maximum absolute atomic E-state index is 13.1. The fraction of sp³-hybridized carbons (Fsp3) is 0.320. The highest BCUT2D eigenvalue weighted by atomic mass is 32.1. The Morgan fingerprint density at radius 1 is 1.09 bits per heavy atom. The van der Waals surface area contributed by atoms with Crippen LogP contribution in [0.1, 0.15) is 45.5 Å². The van der Waals surface area contributed by atoms with E-state index < -0.39 is 11.6 Å². The minimum atomic E-state index is -1.01. The first-order valence-electron chi connectivity index (χ1n) is 10.7. The number of urea groups is 1. The number of imide groups is 1. The van der Waals surface area contributed by atoms with E-state index in [1.54, 1.807) is 18.3 Å². The lowest BCUT2D eigenvalue weighted by Crippen LogP contribution is -2.44. The zero-order chi connectivity index (χ0) is 22.9. The number of amides is 3. The van der Waals surface area contributed by atoms with Gasteiger partial charge in [0.05, 0.1) is 13.1 Å². The van der Waals surface area contributed by atoms with Crippen molar-refractivity contribution in [1.29, 1.82) is 0 Å². The molecule has 1 aliphatic rings. The first-order chi connectivity index (χ1) is 15.3. The molecule has 0 radical (unpaired) electrons. The maximum Gasteiger partial charge on any atom is 0.325 e. The van der Waals surface area contributed by atoms with Crippen molar-refractivity contribution in [3.05, 3.63) is 81.3 Å². The monoisotopic (exact) mass is 449 g/mol. The predicted octanol–water partition coefficient (Wildman–Crippen LogP) is 4.34. The normalized spacial score (nSPS) is 18.3. The van der Waals surface area contributed by atoms with Crippen molar-refractivity contribution < 1.29 is 14.4 Å². The summed E-state index contributed by atoms with van der Waals surface area (Å²) in [5.41, 5.74) is 2.47. The van der Waals surface area contributed by atoms with Gasteiger partial charge in [0, 0.05) is 21.8 Å². The van der Waals surface area contributed by atoms with Crippen molar-refractivity contribution in [1.82, 2.24) is 14.8 Å². The van der Waals surface area contributed by atoms with Crippen LogP contribution >= 0.6 is 11.3 Å². The number of aryl methyl sites for hydroxylation is 2. The third-order valence-corrected chi connectivity index (χ3v) is 7.03. The summed E-state index contributed by atoms with van der Waals surface area (Å²) in [5, 5.41) is 4.83. The number of nitrogens with one attached hydrogen (secondary N) is 1. The number of carbonyl (C=O) groups is 3. The molecule has 1 atom stereocenters. The van der Waals surface area contributed by atoms with E-state index in [0.29, 0.717) is 24.9 Å². The second kappa shape index (κ2) is 8.74. The van der Waals surface area contributed by atoms with Crippen LogP contribution in [0, 0.1) is 13.8 Å². The van der Waals surface area contributed by atoms with Crippen molar-refractivity contribution >= 4 is 29.1 Å². The Kier molecular flexibility index (Phi) is 6.02. The number of hydrogen-bond acceptors (Lipinski definition) is 4. The molecule has 3 aromatic rings. The van der Waals surface area contributed by atoms with Gasteiger partial charge in [-0.2, -0.15) is 0 Å². The molecule has 4 rings (SSSR count). The molecule has 2 aromatic heterocycles. The minimum Gasteiger partial charge on any atom is -0.343 e. The number of thiophene rings is 1. The third kappa shape index (κ3) is 4.25. The summed E-state index contributed by atoms with van der Waals surface area (Å²) in [4.78, 5) is 41.0. The van der Waals surface area contributed by atoms with Crippen LogP contribution in [0.5, 0.6) is 0 Å². The lowest BCUT2D eigenvalue weighted by Gasteiger charge is -2.21. The Balaban J connectivity index is 1.46. The van der Waals surface area contributed by atoms with Crippen LogP contribution in [0.15, 0.2) is 53.9 Å². The molecule has 0 spiro atoms. The zero-order valence-electron chi connectivity index (χ0n) is 18.6. The molecular formula is C25H27N3O3S. The number of benzene rings is 1. The minimum absolute atomic E-state index is 0.230. The molecule has 3 amide bonds. The number of nitrogens with zero attached hydrogens (tertiary/aromatic N) is 2. The van der Waals surface area contributed by atoms with Crippen LogP contribution in [0.25, 0.3) is 0 Å². The van der Waals surface area contributed by atoms with Gasteiger partial charge in [-0.15, -0.1) is 11.3 Å². The Morgan fingerprint density at radius 3 is 2.53 bits per heavy atom. The molecule has 166 valence electrons. The van der Waals surface area contributed by atoms with E-state index in [2.05, 4.69) is 16.0 Å². The molecule has 6 nitrogen and oxygen atoms in total. The first kappa shape index (κ1) is 22.0. The predicted molar refractivity (Wildman–Crippen MR) is 125 cm³/mol. The summed E-state index contributed by atoms with van der Waals surface area (Å²) in [6, 6.07) is 15.2. The van der Waals surface area contributed by atoms with Crippen molar-refractivity contribution in [2.24, 2.45) is 0 Å². The summed E-state index contributed by atoms with van der Waals surface area (Å²) in [5.74, 6) is -0.578. The number of Topliss-reactive ketones (excluding diaryl/α,β-unsaturated/α-hetero) is 1. The smallest absolute Gasteiger partial charge is 0.325 e. The van der Waals surface area contributed by atoms with Crippen molar-refractivity contribution in [3.8, 4) is 0 Å². The average molecular weight is 450 g/mol. The Hall–Kier alpha value is -3.19. The Labute approximate surface area is 191 Å². The lowest BCUT2D eigenvalue weighted by atomic mass is 9.93. The Morgan fingerprint density at radius 2 is 1.84 bits per heavy atom. The van der Waals surface area contributed by atoms with E-state index in [1.165, 1.54) is 4.88 Å². The van der Waals surface area contributed by atoms with Gasteiger partial charge in [0.2, 0.25) is 0 Å². The zero-order valence-corrected chi connectivity index (χ0v) is 19.4. The molecule has 0 aliphatic carbocycles. The third-order valence-electron chi connectivity index (χ3n) is 6.17. The molecule has 1 N–H and O–H groups in total. The van der Waals surface area contributed by atoms with Crippen LogP contribution < -0.4 is 5.32 Å². The van der Waals surface area contributed by atoms with Gasteiger partial charge in [-0.25, -0.2) is 4.79 Å². The van der Waals surface area contributed by atoms with Gasteiger partial charge in [0.25, 0.3) is 5.91 Å². The topological polar surface area (TPSA) is 71.4 Å². The summed E-state index contributed by atoms with van der Waals surface area (Å²) >= 11 is 1.67. The number of carbonyl (C=O) groups excluding carboxylic acids is 3. The van der Waals surface area contributed by atoms with Gasteiger partial charge in [-0.1, -0.05) is 36.4 Å². The molecule has 1 saturated heterocycles. The van der Waals surface area contributed by atoms with Gasteiger partial charge < -0.3 is 9.88 Å². The molecule has 1 aliphatic heterocycles. The molecule has 7 heteroatoms. The number of rotatable bonds is 8. The molecule has 1 aromatic carbocycles. The highest BCUT2D eigenvalue weighted by Crippen LogP contribution is 2.25. The maximum atomic E-state index is 13.1. The molecule has 3 heterocycles. The highest BCUT2D eigenvalue weighted by Gasteiger charge is 2.48. The van der Waals surface area contributed by atoms with E-state index >= 15 is 0 Å². The van der Waals surface area contributed by atoms with E-state index in [9.17, 15) is 14.4 Å². The summed E-state index contributed by atoms with van der Waals surface area (Å²) in [6.45, 7) is 6.04. The van der Waals surface area contributed by atoms with E-state index in [1.807, 2.05) is 61.7 Å². The second-order valence-electron chi connectivity index (χ2n) is 8.51. The fourth-order valence-electron chi connectivity index (χ4n) is 4.21. The summed E-state index contributed by atoms with van der Waals surface area (Å²) in [7, 11) is 0. The van der Waals surface area contributed by atoms with Crippen LogP contribution in [0.3, 0.4) is 0 Å². The summed E-state index contributed by atoms with van der Waals surface area (Å²) < 4.78 is 2.09. The second-order valence-corrected chi connectivity index (χ2v) is 9.54. The summed E-state index contributed by atoms with van der Waals surface area (Å²) in [6.07, 6.45) is 1.14. The van der Waals surface area contributed by atoms with E-state index in [0.717, 1.165) is 21.9 Å². The van der Waals surface area contributed by atoms with Gasteiger partial charge in [-0.3, -0.25) is 14.5 Å². The van der Waals surface area contributed by atoms with Gasteiger partial charge in [-0.05, 0) is 56.7 Å². The fourth-order valence-corrected chi connectivity index (χ4v) is 4.91. The molecule has 32 heavy (non-hydrogen) atoms. The van der Waals surface area contributed by atoms with Crippen LogP contribution in [-0.4, -0.2) is 39.3 Å². The standard InChI is InChI=1S/C25H27N3O3S/c1-17-14-21(18(2)27(17)15-20-10-7-13-32-20)22(29)16-28-23(30)25(3,26-24(28)31)12-11-19-8-5-4-6-9-19/h4-10,13-14H,11-12,15-16H2,1-3H3,(H,26,31)/t25-/m1/s1. The average Bonchev–Trinajstić information content (AvgIpc) is 3.44. The quantitative estimate of drug-likeness (QED) is 0.411. The van der Waals surface area contributed by atoms with Crippen LogP contribution in [0.4, 0.5) is 4.79 Å². The molecular weight excluding hydrogens is 422 g/mol. The van der Waals surface area contributed by atoms with Crippen LogP contribution in [0.2, 0.25) is 0 Å². The van der Waals surface area contributed by atoms with E-state index in [-0.39, 0.29) is 18.2 Å². The van der Waals surface area contributed by atoms with Crippen molar-refractivity contribution in [2.75, 3.05) is 6.54 Å². The van der Waals surface area contributed by atoms with Crippen molar-refractivity contribution in [2.45, 2.75) is 45.7 Å². The molecule has 1 fully saturated rings. The van der Waals surface area contributed by atoms with E-state index in [4.69, 9.17) is 0 Å². The Bertz CT molecular complexity index is 1150. The van der Waals surface area contributed by atoms with Crippen LogP contribution in [-0.2, 0) is 17.8 Å². The molecule has 0 saturated carbocycles. The number of aromatic nitrogens is 1. The van der Waals surface area contributed by atoms with Crippen molar-refractivity contribution in [3.63, 3.8) is 0 Å². The SMILES string of the molecule is Cc1cc(C(=O)CN2C(=O)N[C@](C)(CCc3ccccc3)C2=O)c(C)n1Cc1cccs1. The van der Waals surface area contributed by atoms with Gasteiger partial charge in [0.15, 0.2) is 5.78 Å². The number of hydrogen-bond donors (Lipinski definition) is 1. The first-order valence-corrected chi connectivity index (χ1v) is 11.6. The molecule has 0 unspecified atom stereocenters.